The van der Waals surface area contributed by atoms with Crippen LogP contribution in [-0.4, -0.2) is 37.1 Å². The Bertz CT molecular complexity index is 666. The van der Waals surface area contributed by atoms with E-state index >= 15 is 0 Å². The predicted octanol–water partition coefficient (Wildman–Crippen LogP) is 4.05. The lowest BCUT2D eigenvalue weighted by atomic mass is 10.0. The Morgan fingerprint density at radius 1 is 1.04 bits per heavy atom. The van der Waals surface area contributed by atoms with Crippen molar-refractivity contribution in [2.75, 3.05) is 31.1 Å². The minimum atomic E-state index is 0.229. The van der Waals surface area contributed by atoms with Crippen LogP contribution in [0.3, 0.4) is 0 Å². The SMILES string of the molecule is CCC(N)Cc1cc(Br)ccc1N1CCN(Cc2ccccc2)CC1. The topological polar surface area (TPSA) is 32.5 Å². The van der Waals surface area contributed by atoms with Crippen LogP contribution in [0.1, 0.15) is 24.5 Å². The molecule has 1 aliphatic heterocycles. The summed E-state index contributed by atoms with van der Waals surface area (Å²) in [5, 5.41) is 0. The van der Waals surface area contributed by atoms with Gasteiger partial charge in [0.25, 0.3) is 0 Å². The minimum absolute atomic E-state index is 0.229. The molecule has 0 spiro atoms. The molecule has 1 fully saturated rings. The summed E-state index contributed by atoms with van der Waals surface area (Å²) in [4.78, 5) is 5.06. The van der Waals surface area contributed by atoms with Gasteiger partial charge in [0.15, 0.2) is 0 Å². The number of rotatable bonds is 6. The smallest absolute Gasteiger partial charge is 0.0401 e. The third-order valence-corrected chi connectivity index (χ3v) is 5.50. The van der Waals surface area contributed by atoms with Gasteiger partial charge in [-0.3, -0.25) is 4.90 Å². The standard InChI is InChI=1S/C21H28BrN3/c1-2-20(23)15-18-14-19(22)8-9-21(18)25-12-10-24(11-13-25)16-17-6-4-3-5-7-17/h3-9,14,20H,2,10-13,15-16,23H2,1H3. The van der Waals surface area contributed by atoms with Crippen molar-refractivity contribution in [2.45, 2.75) is 32.4 Å². The summed E-state index contributed by atoms with van der Waals surface area (Å²) in [7, 11) is 0. The van der Waals surface area contributed by atoms with E-state index in [0.29, 0.717) is 0 Å². The van der Waals surface area contributed by atoms with E-state index in [1.54, 1.807) is 0 Å². The van der Waals surface area contributed by atoms with Gasteiger partial charge in [0, 0.05) is 48.9 Å². The molecule has 3 rings (SSSR count). The molecule has 1 saturated heterocycles. The largest absolute Gasteiger partial charge is 0.369 e. The Hall–Kier alpha value is -1.36. The maximum atomic E-state index is 6.22. The summed E-state index contributed by atoms with van der Waals surface area (Å²) in [6.45, 7) is 7.55. The quantitative estimate of drug-likeness (QED) is 0.791. The van der Waals surface area contributed by atoms with Gasteiger partial charge in [-0.2, -0.15) is 0 Å². The first kappa shape index (κ1) is 18.4. The molecule has 3 nitrogen and oxygen atoms in total. The van der Waals surface area contributed by atoms with Gasteiger partial charge in [0.2, 0.25) is 0 Å². The zero-order chi connectivity index (χ0) is 17.6. The molecule has 0 saturated carbocycles. The Kier molecular flexibility index (Phi) is 6.51. The first-order valence-electron chi connectivity index (χ1n) is 9.21. The van der Waals surface area contributed by atoms with E-state index in [2.05, 4.69) is 81.2 Å². The number of anilines is 1. The molecule has 0 amide bonds. The maximum absolute atomic E-state index is 6.22. The molecule has 0 aromatic heterocycles. The van der Waals surface area contributed by atoms with Crippen molar-refractivity contribution in [3.05, 3.63) is 64.1 Å². The van der Waals surface area contributed by atoms with Crippen LogP contribution in [0.15, 0.2) is 53.0 Å². The molecule has 1 aliphatic rings. The van der Waals surface area contributed by atoms with Gasteiger partial charge in [0.1, 0.15) is 0 Å². The fourth-order valence-corrected chi connectivity index (χ4v) is 3.85. The van der Waals surface area contributed by atoms with E-state index in [1.165, 1.54) is 16.8 Å². The van der Waals surface area contributed by atoms with Gasteiger partial charge in [-0.25, -0.2) is 0 Å². The number of benzene rings is 2. The zero-order valence-corrected chi connectivity index (χ0v) is 16.6. The van der Waals surface area contributed by atoms with E-state index in [4.69, 9.17) is 5.73 Å². The molecule has 134 valence electrons. The Morgan fingerprint density at radius 2 is 1.76 bits per heavy atom. The van der Waals surface area contributed by atoms with Gasteiger partial charge >= 0.3 is 0 Å². The second kappa shape index (κ2) is 8.84. The molecule has 0 bridgehead atoms. The van der Waals surface area contributed by atoms with Crippen molar-refractivity contribution in [1.82, 2.24) is 4.90 Å². The molecule has 1 unspecified atom stereocenters. The fraction of sp³-hybridized carbons (Fsp3) is 0.429. The fourth-order valence-electron chi connectivity index (χ4n) is 3.44. The van der Waals surface area contributed by atoms with Crippen LogP contribution in [0.5, 0.6) is 0 Å². The summed E-state index contributed by atoms with van der Waals surface area (Å²) in [6.07, 6.45) is 1.95. The zero-order valence-electron chi connectivity index (χ0n) is 15.0. The van der Waals surface area contributed by atoms with Crippen molar-refractivity contribution in [3.63, 3.8) is 0 Å². The first-order chi connectivity index (χ1) is 12.2. The molecule has 0 aliphatic carbocycles. The second-order valence-corrected chi connectivity index (χ2v) is 7.81. The van der Waals surface area contributed by atoms with Gasteiger partial charge < -0.3 is 10.6 Å². The highest BCUT2D eigenvalue weighted by Gasteiger charge is 2.20. The van der Waals surface area contributed by atoms with Crippen LogP contribution in [0.4, 0.5) is 5.69 Å². The normalized spacial score (nSPS) is 16.8. The molecule has 25 heavy (non-hydrogen) atoms. The summed E-state index contributed by atoms with van der Waals surface area (Å²) in [5.74, 6) is 0. The molecule has 2 N–H and O–H groups in total. The maximum Gasteiger partial charge on any atom is 0.0401 e. The van der Waals surface area contributed by atoms with E-state index in [1.807, 2.05) is 0 Å². The number of hydrogen-bond acceptors (Lipinski definition) is 3. The monoisotopic (exact) mass is 401 g/mol. The van der Waals surface area contributed by atoms with E-state index in [0.717, 1.165) is 50.0 Å². The van der Waals surface area contributed by atoms with Gasteiger partial charge in [-0.15, -0.1) is 0 Å². The Balaban J connectivity index is 1.64. The summed E-state index contributed by atoms with van der Waals surface area (Å²) in [6, 6.07) is 17.6. The number of nitrogens with two attached hydrogens (primary N) is 1. The van der Waals surface area contributed by atoms with Gasteiger partial charge in [-0.05, 0) is 42.2 Å². The van der Waals surface area contributed by atoms with Crippen molar-refractivity contribution in [1.29, 1.82) is 0 Å². The lowest BCUT2D eigenvalue weighted by molar-refractivity contribution is 0.249. The van der Waals surface area contributed by atoms with Gasteiger partial charge in [-0.1, -0.05) is 53.2 Å². The average molecular weight is 402 g/mol. The predicted molar refractivity (Wildman–Crippen MR) is 110 cm³/mol. The number of hydrogen-bond donors (Lipinski definition) is 1. The van der Waals surface area contributed by atoms with Gasteiger partial charge in [0.05, 0.1) is 0 Å². The average Bonchev–Trinajstić information content (AvgIpc) is 2.63. The molecular formula is C21H28BrN3. The summed E-state index contributed by atoms with van der Waals surface area (Å²) < 4.78 is 1.14. The van der Waals surface area contributed by atoms with Crippen molar-refractivity contribution in [3.8, 4) is 0 Å². The van der Waals surface area contributed by atoms with Crippen LogP contribution in [0.25, 0.3) is 0 Å². The summed E-state index contributed by atoms with van der Waals surface area (Å²) in [5.41, 5.74) is 10.3. The highest BCUT2D eigenvalue weighted by Crippen LogP contribution is 2.27. The molecule has 1 atom stereocenters. The van der Waals surface area contributed by atoms with Crippen LogP contribution in [-0.2, 0) is 13.0 Å². The highest BCUT2D eigenvalue weighted by atomic mass is 79.9. The van der Waals surface area contributed by atoms with Crippen molar-refractivity contribution < 1.29 is 0 Å². The highest BCUT2D eigenvalue weighted by molar-refractivity contribution is 9.10. The van der Waals surface area contributed by atoms with E-state index in [-0.39, 0.29) is 6.04 Å². The lowest BCUT2D eigenvalue weighted by Crippen LogP contribution is -2.46. The molecule has 2 aromatic carbocycles. The molecule has 1 heterocycles. The third kappa shape index (κ3) is 5.06. The van der Waals surface area contributed by atoms with Crippen molar-refractivity contribution in [2.24, 2.45) is 5.73 Å². The molecule has 4 heteroatoms. The van der Waals surface area contributed by atoms with E-state index < -0.39 is 0 Å². The molecular weight excluding hydrogens is 374 g/mol. The molecule has 0 radical (unpaired) electrons. The summed E-state index contributed by atoms with van der Waals surface area (Å²) >= 11 is 3.61. The van der Waals surface area contributed by atoms with E-state index in [9.17, 15) is 0 Å². The number of piperazine rings is 1. The van der Waals surface area contributed by atoms with Crippen LogP contribution in [0, 0.1) is 0 Å². The minimum Gasteiger partial charge on any atom is -0.369 e. The Morgan fingerprint density at radius 3 is 2.44 bits per heavy atom. The second-order valence-electron chi connectivity index (χ2n) is 6.89. The van der Waals surface area contributed by atoms with Crippen molar-refractivity contribution >= 4 is 21.6 Å². The Labute approximate surface area is 159 Å². The number of nitrogens with zero attached hydrogens (tertiary/aromatic N) is 2. The van der Waals surface area contributed by atoms with Crippen LogP contribution in [0.2, 0.25) is 0 Å². The molecule has 2 aromatic rings. The number of halogens is 1. The third-order valence-electron chi connectivity index (χ3n) is 5.01. The first-order valence-corrected chi connectivity index (χ1v) is 10.00. The van der Waals surface area contributed by atoms with Crippen LogP contribution < -0.4 is 10.6 Å². The van der Waals surface area contributed by atoms with Crippen LogP contribution >= 0.6 is 15.9 Å². The lowest BCUT2D eigenvalue weighted by Gasteiger charge is -2.37.